The highest BCUT2D eigenvalue weighted by Gasteiger charge is 2.41. The Hall–Kier alpha value is -3.74. The zero-order valence-corrected chi connectivity index (χ0v) is 18.3. The first-order valence-electron chi connectivity index (χ1n) is 10.6. The Morgan fingerprint density at radius 2 is 1.56 bits per heavy atom. The quantitative estimate of drug-likeness (QED) is 0.579. The van der Waals surface area contributed by atoms with Gasteiger partial charge in [0.15, 0.2) is 5.69 Å². The van der Waals surface area contributed by atoms with E-state index in [4.69, 9.17) is 4.74 Å². The van der Waals surface area contributed by atoms with Gasteiger partial charge in [-0.25, -0.2) is 0 Å². The minimum absolute atomic E-state index is 0.00881. The van der Waals surface area contributed by atoms with E-state index in [1.54, 1.807) is 9.58 Å². The molecule has 32 heavy (non-hydrogen) atoms. The van der Waals surface area contributed by atoms with Crippen LogP contribution in [0.1, 0.15) is 54.3 Å². The van der Waals surface area contributed by atoms with E-state index in [2.05, 4.69) is 5.10 Å². The lowest BCUT2D eigenvalue weighted by molar-refractivity contribution is -0.132. The molecule has 0 saturated carbocycles. The van der Waals surface area contributed by atoms with Crippen LogP contribution < -0.4 is 10.2 Å². The van der Waals surface area contributed by atoms with Gasteiger partial charge < -0.3 is 9.64 Å². The van der Waals surface area contributed by atoms with Crippen molar-refractivity contribution in [3.8, 4) is 5.75 Å². The van der Waals surface area contributed by atoms with E-state index in [1.807, 2.05) is 74.5 Å². The van der Waals surface area contributed by atoms with Gasteiger partial charge in [0.05, 0.1) is 12.2 Å². The number of benzene rings is 2. The standard InChI is InChI=1S/C25H25N3O4/c1-16(2)27-15-20(22(18-10-6-4-7-11-18)19-12-8-5-9-13-19)28-23(25(27)31)24(32-17(3)29)21(30)14-26-28/h4-14,16,20,22H,15H2,1-3H3. The van der Waals surface area contributed by atoms with Crippen LogP contribution in [-0.2, 0) is 4.79 Å². The first-order chi connectivity index (χ1) is 15.4. The first-order valence-corrected chi connectivity index (χ1v) is 10.6. The Morgan fingerprint density at radius 3 is 2.06 bits per heavy atom. The molecule has 0 radical (unpaired) electrons. The number of aromatic nitrogens is 2. The van der Waals surface area contributed by atoms with E-state index < -0.39 is 11.4 Å². The smallest absolute Gasteiger partial charge is 0.308 e. The molecule has 0 fully saturated rings. The second kappa shape index (κ2) is 8.78. The van der Waals surface area contributed by atoms with Crippen molar-refractivity contribution in [1.82, 2.24) is 14.7 Å². The van der Waals surface area contributed by atoms with Crippen LogP contribution in [0.25, 0.3) is 0 Å². The molecule has 1 aliphatic heterocycles. The van der Waals surface area contributed by atoms with Crippen molar-refractivity contribution in [3.63, 3.8) is 0 Å². The number of hydrogen-bond donors (Lipinski definition) is 0. The Balaban J connectivity index is 1.97. The Morgan fingerprint density at radius 1 is 1.00 bits per heavy atom. The SMILES string of the molecule is CC(=O)Oc1c2n(ncc1=O)C(C(c1ccccc1)c1ccccc1)CN(C(C)C)C2=O. The number of amides is 1. The number of carbonyl (C=O) groups is 2. The number of ether oxygens (including phenoxy) is 1. The van der Waals surface area contributed by atoms with Crippen LogP contribution in [-0.4, -0.2) is 39.1 Å². The molecule has 2 heterocycles. The molecule has 4 rings (SSSR count). The van der Waals surface area contributed by atoms with Gasteiger partial charge in [0.25, 0.3) is 5.91 Å². The van der Waals surface area contributed by atoms with Crippen LogP contribution in [0, 0.1) is 0 Å². The Kier molecular flexibility index (Phi) is 5.90. The van der Waals surface area contributed by atoms with Crippen molar-refractivity contribution in [3.05, 3.63) is 93.9 Å². The van der Waals surface area contributed by atoms with E-state index in [1.165, 1.54) is 6.92 Å². The summed E-state index contributed by atoms with van der Waals surface area (Å²) in [5.74, 6) is -1.46. The lowest BCUT2D eigenvalue weighted by atomic mass is 9.83. The molecule has 1 unspecified atom stereocenters. The highest BCUT2D eigenvalue weighted by Crippen LogP contribution is 2.39. The molecular weight excluding hydrogens is 406 g/mol. The van der Waals surface area contributed by atoms with Gasteiger partial charge >= 0.3 is 5.97 Å². The molecule has 1 aliphatic rings. The zero-order valence-electron chi connectivity index (χ0n) is 18.3. The number of carbonyl (C=O) groups excluding carboxylic acids is 2. The minimum Gasteiger partial charge on any atom is -0.420 e. The van der Waals surface area contributed by atoms with Gasteiger partial charge in [0.2, 0.25) is 11.2 Å². The largest absolute Gasteiger partial charge is 0.420 e. The molecule has 1 atom stereocenters. The molecule has 3 aromatic rings. The van der Waals surface area contributed by atoms with Gasteiger partial charge in [0.1, 0.15) is 0 Å². The van der Waals surface area contributed by atoms with E-state index in [0.717, 1.165) is 17.3 Å². The number of fused-ring (bicyclic) bond motifs is 1. The molecular formula is C25H25N3O4. The molecule has 7 heteroatoms. The minimum atomic E-state index is -0.662. The molecule has 0 spiro atoms. The Labute approximate surface area is 186 Å². The van der Waals surface area contributed by atoms with Crippen LogP contribution >= 0.6 is 0 Å². The molecule has 0 bridgehead atoms. The first kappa shape index (κ1) is 21.5. The van der Waals surface area contributed by atoms with Gasteiger partial charge in [-0.3, -0.25) is 19.1 Å². The average molecular weight is 431 g/mol. The van der Waals surface area contributed by atoms with Crippen LogP contribution in [0.15, 0.2) is 71.7 Å². The molecule has 7 nitrogen and oxygen atoms in total. The monoisotopic (exact) mass is 431 g/mol. The summed E-state index contributed by atoms with van der Waals surface area (Å²) in [5.41, 5.74) is 1.53. The normalized spacial score (nSPS) is 15.7. The van der Waals surface area contributed by atoms with Gasteiger partial charge in [-0.2, -0.15) is 5.10 Å². The fourth-order valence-electron chi connectivity index (χ4n) is 4.29. The van der Waals surface area contributed by atoms with E-state index in [9.17, 15) is 14.4 Å². The lowest BCUT2D eigenvalue weighted by Gasteiger charge is -2.41. The molecule has 1 aromatic heterocycles. The highest BCUT2D eigenvalue weighted by atomic mass is 16.5. The molecule has 164 valence electrons. The predicted molar refractivity (Wildman–Crippen MR) is 120 cm³/mol. The number of nitrogens with zero attached hydrogens (tertiary/aromatic N) is 3. The lowest BCUT2D eigenvalue weighted by Crippen LogP contribution is -2.50. The Bertz CT molecular complexity index is 1150. The summed E-state index contributed by atoms with van der Waals surface area (Å²) in [7, 11) is 0. The topological polar surface area (TPSA) is 81.5 Å². The number of esters is 1. The summed E-state index contributed by atoms with van der Waals surface area (Å²) in [6, 6.07) is 19.6. The average Bonchev–Trinajstić information content (AvgIpc) is 2.78. The van der Waals surface area contributed by atoms with Gasteiger partial charge in [0, 0.05) is 25.4 Å². The maximum Gasteiger partial charge on any atom is 0.308 e. The number of hydrogen-bond acceptors (Lipinski definition) is 5. The second-order valence-corrected chi connectivity index (χ2v) is 8.14. The highest BCUT2D eigenvalue weighted by molar-refractivity contribution is 5.96. The van der Waals surface area contributed by atoms with Crippen molar-refractivity contribution in [2.75, 3.05) is 6.54 Å². The van der Waals surface area contributed by atoms with Crippen molar-refractivity contribution in [2.45, 2.75) is 38.8 Å². The van der Waals surface area contributed by atoms with Crippen LogP contribution in [0.5, 0.6) is 5.75 Å². The van der Waals surface area contributed by atoms with Gasteiger partial charge in [-0.05, 0) is 25.0 Å². The van der Waals surface area contributed by atoms with Gasteiger partial charge in [-0.1, -0.05) is 60.7 Å². The number of rotatable bonds is 5. The van der Waals surface area contributed by atoms with Crippen molar-refractivity contribution >= 4 is 11.9 Å². The van der Waals surface area contributed by atoms with E-state index in [0.29, 0.717) is 6.54 Å². The van der Waals surface area contributed by atoms with Crippen LogP contribution in [0.4, 0.5) is 0 Å². The summed E-state index contributed by atoms with van der Waals surface area (Å²) in [6.45, 7) is 5.45. The van der Waals surface area contributed by atoms with E-state index >= 15 is 0 Å². The summed E-state index contributed by atoms with van der Waals surface area (Å²) in [4.78, 5) is 39.3. The fourth-order valence-corrected chi connectivity index (χ4v) is 4.29. The maximum atomic E-state index is 13.4. The van der Waals surface area contributed by atoms with Crippen molar-refractivity contribution in [2.24, 2.45) is 0 Å². The van der Waals surface area contributed by atoms with Crippen LogP contribution in [0.3, 0.4) is 0 Å². The summed E-state index contributed by atoms with van der Waals surface area (Å²) in [5, 5.41) is 4.35. The summed E-state index contributed by atoms with van der Waals surface area (Å²) in [6.07, 6.45) is 1.11. The summed E-state index contributed by atoms with van der Waals surface area (Å²) < 4.78 is 6.78. The molecule has 1 amide bonds. The molecule has 2 aromatic carbocycles. The molecule has 0 saturated heterocycles. The molecule has 0 N–H and O–H groups in total. The van der Waals surface area contributed by atoms with Crippen LogP contribution in [0.2, 0.25) is 0 Å². The van der Waals surface area contributed by atoms with E-state index in [-0.39, 0.29) is 35.4 Å². The summed E-state index contributed by atoms with van der Waals surface area (Å²) >= 11 is 0. The third-order valence-corrected chi connectivity index (χ3v) is 5.70. The maximum absolute atomic E-state index is 13.4. The zero-order chi connectivity index (χ0) is 22.8. The fraction of sp³-hybridized carbons (Fsp3) is 0.280. The second-order valence-electron chi connectivity index (χ2n) is 8.14. The third kappa shape index (κ3) is 3.93. The third-order valence-electron chi connectivity index (χ3n) is 5.70. The van der Waals surface area contributed by atoms with Crippen molar-refractivity contribution in [1.29, 1.82) is 0 Å². The van der Waals surface area contributed by atoms with Crippen molar-refractivity contribution < 1.29 is 14.3 Å². The van der Waals surface area contributed by atoms with Gasteiger partial charge in [-0.15, -0.1) is 0 Å². The predicted octanol–water partition coefficient (Wildman–Crippen LogP) is 3.41. The molecule has 0 aliphatic carbocycles.